The fraction of sp³-hybridized carbons (Fsp3) is 0.357. The van der Waals surface area contributed by atoms with Gasteiger partial charge in [-0.2, -0.15) is 0 Å². The summed E-state index contributed by atoms with van der Waals surface area (Å²) in [5.74, 6) is -0.885. The fourth-order valence-corrected chi connectivity index (χ4v) is 2.32. The number of carboxylic acid groups (broad SMARTS) is 1. The molecule has 96 valence electrons. The van der Waals surface area contributed by atoms with Gasteiger partial charge in [0.1, 0.15) is 0 Å². The lowest BCUT2D eigenvalue weighted by molar-refractivity contribution is 0.0697. The Kier molecular flexibility index (Phi) is 3.39. The highest BCUT2D eigenvalue weighted by Gasteiger charge is 2.12. The van der Waals surface area contributed by atoms with Gasteiger partial charge in [-0.3, -0.25) is 0 Å². The minimum absolute atomic E-state index is 0.335. The Bertz CT molecular complexity index is 599. The number of aryl methyl sites for hydroxylation is 2. The molecule has 0 saturated heterocycles. The van der Waals surface area contributed by atoms with E-state index in [1.54, 1.807) is 12.1 Å². The average molecular weight is 246 g/mol. The molecular formula is C14H18N2O2. The van der Waals surface area contributed by atoms with Gasteiger partial charge in [-0.1, -0.05) is 0 Å². The minimum Gasteiger partial charge on any atom is -0.478 e. The molecular weight excluding hydrogens is 228 g/mol. The Morgan fingerprint density at radius 3 is 2.72 bits per heavy atom. The van der Waals surface area contributed by atoms with Crippen LogP contribution in [0.3, 0.4) is 0 Å². The third kappa shape index (κ3) is 1.99. The number of hydrogen-bond acceptors (Lipinski definition) is 2. The lowest BCUT2D eigenvalue weighted by atomic mass is 10.1. The molecule has 4 heteroatoms. The molecule has 0 aliphatic rings. The van der Waals surface area contributed by atoms with Crippen molar-refractivity contribution >= 4 is 16.9 Å². The molecule has 0 bridgehead atoms. The summed E-state index contributed by atoms with van der Waals surface area (Å²) in [5.41, 5.74) is 9.30. The molecule has 0 fully saturated rings. The highest BCUT2D eigenvalue weighted by molar-refractivity contribution is 5.95. The lowest BCUT2D eigenvalue weighted by Crippen LogP contribution is -2.07. The summed E-state index contributed by atoms with van der Waals surface area (Å²) in [6, 6.07) is 5.29. The number of nitrogens with two attached hydrogens (primary N) is 1. The van der Waals surface area contributed by atoms with E-state index in [0.29, 0.717) is 12.1 Å². The van der Waals surface area contributed by atoms with Crippen molar-refractivity contribution in [3.8, 4) is 0 Å². The number of hydrogen-bond donors (Lipinski definition) is 2. The number of fused-ring (bicyclic) bond motifs is 1. The monoisotopic (exact) mass is 246 g/mol. The quantitative estimate of drug-likeness (QED) is 0.869. The predicted octanol–water partition coefficient (Wildman–Crippen LogP) is 2.31. The first kappa shape index (κ1) is 12.6. The van der Waals surface area contributed by atoms with E-state index in [-0.39, 0.29) is 0 Å². The first-order valence-corrected chi connectivity index (χ1v) is 6.09. The van der Waals surface area contributed by atoms with E-state index in [9.17, 15) is 4.79 Å². The van der Waals surface area contributed by atoms with E-state index in [4.69, 9.17) is 10.8 Å². The summed E-state index contributed by atoms with van der Waals surface area (Å²) >= 11 is 0. The Labute approximate surface area is 106 Å². The van der Waals surface area contributed by atoms with Crippen LogP contribution in [0.1, 0.15) is 28.0 Å². The molecule has 4 nitrogen and oxygen atoms in total. The van der Waals surface area contributed by atoms with Crippen LogP contribution in [0.25, 0.3) is 10.9 Å². The van der Waals surface area contributed by atoms with Crippen molar-refractivity contribution in [1.82, 2.24) is 4.57 Å². The molecule has 1 aromatic heterocycles. The van der Waals surface area contributed by atoms with Crippen LogP contribution in [0, 0.1) is 13.8 Å². The molecule has 0 amide bonds. The molecule has 2 aromatic rings. The Hall–Kier alpha value is -1.81. The molecule has 18 heavy (non-hydrogen) atoms. The number of aromatic carboxylic acids is 1. The minimum atomic E-state index is -0.885. The number of benzene rings is 1. The number of aromatic nitrogens is 1. The Morgan fingerprint density at radius 2 is 2.11 bits per heavy atom. The van der Waals surface area contributed by atoms with Crippen molar-refractivity contribution in [2.45, 2.75) is 26.8 Å². The smallest absolute Gasteiger partial charge is 0.335 e. The fourth-order valence-electron chi connectivity index (χ4n) is 2.32. The van der Waals surface area contributed by atoms with Crippen LogP contribution in [0.15, 0.2) is 18.2 Å². The normalized spacial score (nSPS) is 11.1. The Balaban J connectivity index is 2.60. The second-order valence-electron chi connectivity index (χ2n) is 4.54. The van der Waals surface area contributed by atoms with E-state index < -0.39 is 5.97 Å². The van der Waals surface area contributed by atoms with Gasteiger partial charge in [0.25, 0.3) is 0 Å². The van der Waals surface area contributed by atoms with Crippen molar-refractivity contribution in [1.29, 1.82) is 0 Å². The van der Waals surface area contributed by atoms with Gasteiger partial charge in [0.2, 0.25) is 0 Å². The summed E-state index contributed by atoms with van der Waals surface area (Å²) < 4.78 is 2.21. The molecule has 0 atom stereocenters. The van der Waals surface area contributed by atoms with Crippen molar-refractivity contribution in [2.75, 3.05) is 6.54 Å². The molecule has 0 saturated carbocycles. The van der Waals surface area contributed by atoms with E-state index in [1.165, 1.54) is 5.69 Å². The van der Waals surface area contributed by atoms with Gasteiger partial charge < -0.3 is 15.4 Å². The second-order valence-corrected chi connectivity index (χ2v) is 4.54. The first-order valence-electron chi connectivity index (χ1n) is 6.09. The van der Waals surface area contributed by atoms with Crippen LogP contribution in [0.4, 0.5) is 0 Å². The molecule has 0 aliphatic carbocycles. The van der Waals surface area contributed by atoms with E-state index in [2.05, 4.69) is 11.5 Å². The highest BCUT2D eigenvalue weighted by atomic mass is 16.4. The van der Waals surface area contributed by atoms with Crippen LogP contribution >= 0.6 is 0 Å². The summed E-state index contributed by atoms with van der Waals surface area (Å²) in [5, 5.41) is 10.0. The van der Waals surface area contributed by atoms with Crippen LogP contribution < -0.4 is 5.73 Å². The molecule has 1 aromatic carbocycles. The maximum absolute atomic E-state index is 11.0. The maximum atomic E-state index is 11.0. The largest absolute Gasteiger partial charge is 0.478 e. The standard InChI is InChI=1S/C14H18N2O2/c1-9-10(2)16(7-3-6-15)13-5-4-11(14(17)18)8-12(9)13/h4-5,8H,3,6-7,15H2,1-2H3,(H,17,18). The summed E-state index contributed by atoms with van der Waals surface area (Å²) in [6.07, 6.45) is 0.921. The molecule has 0 aliphatic heterocycles. The van der Waals surface area contributed by atoms with Gasteiger partial charge in [-0.05, 0) is 50.6 Å². The number of rotatable bonds is 4. The zero-order valence-electron chi connectivity index (χ0n) is 10.7. The van der Waals surface area contributed by atoms with Crippen molar-refractivity contribution in [2.24, 2.45) is 5.73 Å². The van der Waals surface area contributed by atoms with Crippen LogP contribution in [-0.2, 0) is 6.54 Å². The highest BCUT2D eigenvalue weighted by Crippen LogP contribution is 2.26. The summed E-state index contributed by atoms with van der Waals surface area (Å²) in [4.78, 5) is 11.0. The molecule has 3 N–H and O–H groups in total. The molecule has 1 heterocycles. The summed E-state index contributed by atoms with van der Waals surface area (Å²) in [7, 11) is 0. The van der Waals surface area contributed by atoms with E-state index >= 15 is 0 Å². The van der Waals surface area contributed by atoms with Gasteiger partial charge in [0.05, 0.1) is 5.56 Å². The predicted molar refractivity (Wildman–Crippen MR) is 72.0 cm³/mol. The third-order valence-electron chi connectivity index (χ3n) is 3.47. The summed E-state index contributed by atoms with van der Waals surface area (Å²) in [6.45, 7) is 5.62. The molecule has 2 rings (SSSR count). The maximum Gasteiger partial charge on any atom is 0.335 e. The van der Waals surface area contributed by atoms with Gasteiger partial charge in [-0.25, -0.2) is 4.79 Å². The topological polar surface area (TPSA) is 68.2 Å². The number of nitrogens with zero attached hydrogens (tertiary/aromatic N) is 1. The zero-order valence-corrected chi connectivity index (χ0v) is 10.7. The van der Waals surface area contributed by atoms with Gasteiger partial charge in [-0.15, -0.1) is 0 Å². The van der Waals surface area contributed by atoms with Crippen LogP contribution in [-0.4, -0.2) is 22.2 Å². The van der Waals surface area contributed by atoms with Gasteiger partial charge in [0, 0.05) is 23.1 Å². The second kappa shape index (κ2) is 4.82. The van der Waals surface area contributed by atoms with Gasteiger partial charge >= 0.3 is 5.97 Å². The van der Waals surface area contributed by atoms with E-state index in [0.717, 1.165) is 29.4 Å². The Morgan fingerprint density at radius 1 is 1.39 bits per heavy atom. The van der Waals surface area contributed by atoms with Crippen molar-refractivity contribution in [3.63, 3.8) is 0 Å². The number of carbonyl (C=O) groups is 1. The molecule has 0 spiro atoms. The lowest BCUT2D eigenvalue weighted by Gasteiger charge is -2.07. The molecule has 0 radical (unpaired) electrons. The van der Waals surface area contributed by atoms with Crippen LogP contribution in [0.5, 0.6) is 0 Å². The molecule has 0 unspecified atom stereocenters. The van der Waals surface area contributed by atoms with E-state index in [1.807, 2.05) is 13.0 Å². The van der Waals surface area contributed by atoms with Gasteiger partial charge in [0.15, 0.2) is 0 Å². The van der Waals surface area contributed by atoms with Crippen molar-refractivity contribution < 1.29 is 9.90 Å². The first-order chi connectivity index (χ1) is 8.56. The van der Waals surface area contributed by atoms with Crippen LogP contribution in [0.2, 0.25) is 0 Å². The van der Waals surface area contributed by atoms with Crippen molar-refractivity contribution in [3.05, 3.63) is 35.0 Å². The average Bonchev–Trinajstić information content (AvgIpc) is 2.60. The number of carboxylic acids is 1. The SMILES string of the molecule is Cc1c(C)n(CCCN)c2ccc(C(=O)O)cc12. The zero-order chi connectivity index (χ0) is 13.3. The third-order valence-corrected chi connectivity index (χ3v) is 3.47.